The number of hydrogen-bond acceptors (Lipinski definition) is 9. The Balaban J connectivity index is 2.11. The molecule has 1 aliphatic carbocycles. The van der Waals surface area contributed by atoms with Crippen molar-refractivity contribution in [2.24, 2.45) is 16.3 Å². The van der Waals surface area contributed by atoms with Crippen LogP contribution in [0.5, 0.6) is 0 Å². The lowest BCUT2D eigenvalue weighted by atomic mass is 10.0. The smallest absolute Gasteiger partial charge is 0.271 e. The number of imidazole rings is 1. The van der Waals surface area contributed by atoms with Crippen LogP contribution >= 0.6 is 0 Å². The Kier molecular flexibility index (Phi) is 3.38. The van der Waals surface area contributed by atoms with E-state index >= 15 is 0 Å². The van der Waals surface area contributed by atoms with Gasteiger partial charge in [0.2, 0.25) is 10.0 Å². The van der Waals surface area contributed by atoms with Crippen LogP contribution in [0.1, 0.15) is 30.6 Å². The zero-order valence-electron chi connectivity index (χ0n) is 13.3. The van der Waals surface area contributed by atoms with Gasteiger partial charge in [-0.1, -0.05) is 13.8 Å². The van der Waals surface area contributed by atoms with Crippen molar-refractivity contribution >= 4 is 21.7 Å². The minimum atomic E-state index is -4.50. The predicted octanol–water partition coefficient (Wildman–Crippen LogP) is -3.43. The Morgan fingerprint density at radius 3 is 2.40 bits per heavy atom. The number of anilines is 1. The number of nitrogens with two attached hydrogens (primary N) is 3. The molecule has 1 amide bonds. The number of amides is 1. The van der Waals surface area contributed by atoms with Gasteiger partial charge in [-0.15, -0.1) is 0 Å². The quantitative estimate of drug-likeness (QED) is 0.307. The number of aliphatic hydroxyl groups excluding tert-OH is 1. The van der Waals surface area contributed by atoms with Crippen LogP contribution in [-0.4, -0.2) is 61.9 Å². The molecule has 12 nitrogen and oxygen atoms in total. The second-order valence-corrected chi connectivity index (χ2v) is 8.46. The topological polar surface area (TPSA) is 217 Å². The van der Waals surface area contributed by atoms with E-state index in [2.05, 4.69) is 4.98 Å². The van der Waals surface area contributed by atoms with E-state index < -0.39 is 50.3 Å². The van der Waals surface area contributed by atoms with E-state index in [9.17, 15) is 28.5 Å². The summed E-state index contributed by atoms with van der Waals surface area (Å²) in [6.07, 6.45) is -2.14. The minimum absolute atomic E-state index is 0.248. The molecule has 1 aromatic heterocycles. The van der Waals surface area contributed by atoms with Crippen LogP contribution in [-0.2, 0) is 14.8 Å². The Labute approximate surface area is 142 Å². The summed E-state index contributed by atoms with van der Waals surface area (Å²) < 4.78 is 29.4. The van der Waals surface area contributed by atoms with E-state index in [1.165, 1.54) is 13.8 Å². The lowest BCUT2D eigenvalue weighted by Gasteiger charge is -2.29. The number of nitrogens with zero attached hydrogens (tertiary/aromatic N) is 2. The summed E-state index contributed by atoms with van der Waals surface area (Å²) in [7, 11) is -4.50. The Morgan fingerprint density at radius 1 is 1.40 bits per heavy atom. The number of aromatic nitrogens is 2. The second-order valence-electron chi connectivity index (χ2n) is 6.80. The average Bonchev–Trinajstić information content (AvgIpc) is 2.81. The van der Waals surface area contributed by atoms with Gasteiger partial charge in [-0.25, -0.2) is 18.5 Å². The van der Waals surface area contributed by atoms with E-state index in [0.29, 0.717) is 0 Å². The van der Waals surface area contributed by atoms with Crippen LogP contribution < -0.4 is 16.6 Å². The molecule has 0 spiro atoms. The molecule has 3 rings (SSSR count). The first-order chi connectivity index (χ1) is 11.2. The molecule has 1 aliphatic heterocycles. The van der Waals surface area contributed by atoms with E-state index in [0.717, 1.165) is 10.9 Å². The van der Waals surface area contributed by atoms with Gasteiger partial charge in [-0.3, -0.25) is 9.36 Å². The number of fused-ring (bicyclic) bond motifs is 1. The normalized spacial score (nSPS) is 37.5. The highest BCUT2D eigenvalue weighted by Gasteiger charge is 2.94. The first-order valence-corrected chi connectivity index (χ1v) is 8.75. The zero-order chi connectivity index (χ0) is 19.2. The number of rotatable bonds is 4. The van der Waals surface area contributed by atoms with Crippen molar-refractivity contribution in [1.29, 1.82) is 0 Å². The van der Waals surface area contributed by atoms with Crippen molar-refractivity contribution in [3.8, 4) is 0 Å². The largest absolute Gasteiger partial charge is 0.383 e. The highest BCUT2D eigenvalue weighted by atomic mass is 32.2. The Bertz CT molecular complexity index is 867. The summed E-state index contributed by atoms with van der Waals surface area (Å²) >= 11 is 0. The molecule has 13 heteroatoms. The van der Waals surface area contributed by atoms with E-state index in [1.54, 1.807) is 0 Å². The molecule has 140 valence electrons. The van der Waals surface area contributed by atoms with Crippen molar-refractivity contribution < 1.29 is 33.3 Å². The van der Waals surface area contributed by atoms with Gasteiger partial charge in [0, 0.05) is 5.41 Å². The number of carbonyl (C=O) groups is 1. The highest BCUT2D eigenvalue weighted by molar-refractivity contribution is 7.89. The van der Waals surface area contributed by atoms with E-state index in [-0.39, 0.29) is 11.5 Å². The standard InChI is InChI=1S/C12H19N5O7S/c1-10(2)11(20)5(8(19)25(15,22)23)24-9(12(10,11)21)17-3-16-4(6(17)13)7(14)18/h3,5,8-9,19-21H,13H2,1-2H3,(H2,14,18)(H2,15,22,23)/t5-,8?,9-,11+,12-/m1/s1. The highest BCUT2D eigenvalue weighted by Crippen LogP contribution is 2.76. The van der Waals surface area contributed by atoms with Gasteiger partial charge in [0.25, 0.3) is 5.91 Å². The summed E-state index contributed by atoms with van der Waals surface area (Å²) in [4.78, 5) is 15.0. The molecular formula is C12H19N5O7S. The van der Waals surface area contributed by atoms with Gasteiger partial charge in [0.1, 0.15) is 23.1 Å². The molecule has 2 fully saturated rings. The van der Waals surface area contributed by atoms with Crippen LogP contribution in [0, 0.1) is 5.41 Å². The SMILES string of the molecule is CC1(C)[C@]2(O)[C@H](n3cnc(C(N)=O)c3N)O[C@H](C(O)S(N)(=O)=O)[C@]12O. The molecule has 1 aromatic rings. The first-order valence-electron chi connectivity index (χ1n) is 7.15. The number of nitrogen functional groups attached to an aromatic ring is 1. The molecule has 0 radical (unpaired) electrons. The lowest BCUT2D eigenvalue weighted by molar-refractivity contribution is -0.131. The number of aliphatic hydroxyl groups is 3. The summed E-state index contributed by atoms with van der Waals surface area (Å²) in [6.45, 7) is 2.90. The molecule has 1 saturated carbocycles. The molecule has 1 saturated heterocycles. The molecule has 25 heavy (non-hydrogen) atoms. The van der Waals surface area contributed by atoms with Crippen LogP contribution in [0.3, 0.4) is 0 Å². The fraction of sp³-hybridized carbons (Fsp3) is 0.667. The molecular weight excluding hydrogens is 358 g/mol. The molecule has 1 unspecified atom stereocenters. The predicted molar refractivity (Wildman–Crippen MR) is 81.9 cm³/mol. The fourth-order valence-electron chi connectivity index (χ4n) is 3.76. The average molecular weight is 377 g/mol. The molecule has 0 aromatic carbocycles. The third kappa shape index (κ3) is 1.84. The van der Waals surface area contributed by atoms with Gasteiger partial charge < -0.3 is 31.5 Å². The minimum Gasteiger partial charge on any atom is -0.383 e. The number of primary sulfonamides is 1. The summed E-state index contributed by atoms with van der Waals surface area (Å²) in [5.41, 5.74) is 2.88. The number of ether oxygens (including phenoxy) is 1. The maximum atomic E-state index is 11.5. The number of primary amides is 1. The van der Waals surface area contributed by atoms with Crippen molar-refractivity contribution in [1.82, 2.24) is 9.55 Å². The molecule has 9 N–H and O–H groups in total. The van der Waals surface area contributed by atoms with Crippen LogP contribution in [0.2, 0.25) is 0 Å². The molecule has 2 aliphatic rings. The van der Waals surface area contributed by atoms with Crippen LogP contribution in [0.15, 0.2) is 6.33 Å². The van der Waals surface area contributed by atoms with Crippen molar-refractivity contribution in [3.05, 3.63) is 12.0 Å². The number of hydrogen-bond donors (Lipinski definition) is 6. The first kappa shape index (κ1) is 18.0. The van der Waals surface area contributed by atoms with Gasteiger partial charge in [-0.2, -0.15) is 0 Å². The monoisotopic (exact) mass is 377 g/mol. The zero-order valence-corrected chi connectivity index (χ0v) is 14.1. The van der Waals surface area contributed by atoms with Gasteiger partial charge in [0.05, 0.1) is 6.33 Å². The second kappa shape index (κ2) is 4.69. The number of sulfonamides is 1. The maximum Gasteiger partial charge on any atom is 0.271 e. The van der Waals surface area contributed by atoms with Gasteiger partial charge in [0.15, 0.2) is 17.4 Å². The summed E-state index contributed by atoms with van der Waals surface area (Å²) in [6, 6.07) is 0. The summed E-state index contributed by atoms with van der Waals surface area (Å²) in [5.74, 6) is -1.17. The summed E-state index contributed by atoms with van der Waals surface area (Å²) in [5, 5.41) is 36.8. The van der Waals surface area contributed by atoms with Crippen molar-refractivity contribution in [3.63, 3.8) is 0 Å². The van der Waals surface area contributed by atoms with Crippen LogP contribution in [0.4, 0.5) is 5.82 Å². The van der Waals surface area contributed by atoms with Gasteiger partial charge >= 0.3 is 0 Å². The van der Waals surface area contributed by atoms with Crippen LogP contribution in [0.25, 0.3) is 0 Å². The van der Waals surface area contributed by atoms with Gasteiger partial charge in [-0.05, 0) is 0 Å². The number of carbonyl (C=O) groups excluding carboxylic acids is 1. The Morgan fingerprint density at radius 2 is 1.96 bits per heavy atom. The Hall–Kier alpha value is -1.77. The lowest BCUT2D eigenvalue weighted by Crippen LogP contribution is -2.48. The fourth-order valence-corrected chi connectivity index (χ4v) is 4.37. The van der Waals surface area contributed by atoms with E-state index in [4.69, 9.17) is 21.3 Å². The van der Waals surface area contributed by atoms with E-state index in [1.807, 2.05) is 0 Å². The molecule has 0 bridgehead atoms. The maximum absolute atomic E-state index is 11.5. The third-order valence-corrected chi connectivity index (χ3v) is 6.30. The van der Waals surface area contributed by atoms with Crippen molar-refractivity contribution in [2.75, 3.05) is 5.73 Å². The molecule has 5 atom stereocenters. The third-order valence-electron chi connectivity index (χ3n) is 5.38. The van der Waals surface area contributed by atoms with Crippen molar-refractivity contribution in [2.45, 2.75) is 42.8 Å². The molecule has 2 heterocycles.